The monoisotopic (exact) mass is 537 g/mol. The maximum absolute atomic E-state index is 14.1. The maximum Gasteiger partial charge on any atom is 0.259 e. The lowest BCUT2D eigenvalue weighted by molar-refractivity contribution is 0.0723. The molecule has 1 aliphatic heterocycles. The van der Waals surface area contributed by atoms with Crippen LogP contribution in [0.4, 0.5) is 0 Å². The number of hydrogen-bond acceptors (Lipinski definition) is 5. The Kier molecular flexibility index (Phi) is 8.97. The van der Waals surface area contributed by atoms with Gasteiger partial charge in [-0.25, -0.2) is 0 Å². The van der Waals surface area contributed by atoms with Crippen molar-refractivity contribution < 1.29 is 14.1 Å². The molecule has 1 atom stereocenters. The molecular weight excluding hydrogens is 498 g/mol. The first kappa shape index (κ1) is 27.7. The molecule has 6 heteroatoms. The molecule has 0 aliphatic carbocycles. The quantitative estimate of drug-likeness (QED) is 0.285. The molecule has 208 valence electrons. The second-order valence-corrected chi connectivity index (χ2v) is 10.9. The Labute approximate surface area is 237 Å². The van der Waals surface area contributed by atoms with Crippen LogP contribution in [0.2, 0.25) is 0 Å². The van der Waals surface area contributed by atoms with Crippen molar-refractivity contribution in [1.29, 1.82) is 0 Å². The van der Waals surface area contributed by atoms with Crippen LogP contribution in [0.1, 0.15) is 58.0 Å². The van der Waals surface area contributed by atoms with E-state index in [2.05, 4.69) is 72.6 Å². The number of aromatic nitrogens is 1. The second-order valence-electron chi connectivity index (χ2n) is 10.9. The van der Waals surface area contributed by atoms with Crippen LogP contribution < -0.4 is 4.74 Å². The predicted octanol–water partition coefficient (Wildman–Crippen LogP) is 6.88. The number of fused-ring (bicyclic) bond motifs is 1. The number of nitrogens with zero attached hydrogens (tertiary/aromatic N) is 3. The molecule has 6 nitrogen and oxygen atoms in total. The summed E-state index contributed by atoms with van der Waals surface area (Å²) in [5.74, 6) is 1.78. The van der Waals surface area contributed by atoms with Gasteiger partial charge in [0.15, 0.2) is 0 Å². The molecule has 5 rings (SSSR count). The molecule has 0 saturated carbocycles. The van der Waals surface area contributed by atoms with E-state index in [4.69, 9.17) is 9.26 Å². The smallest absolute Gasteiger partial charge is 0.259 e. The van der Waals surface area contributed by atoms with Crippen LogP contribution in [0.5, 0.6) is 5.75 Å². The highest BCUT2D eigenvalue weighted by Gasteiger charge is 2.27. The highest BCUT2D eigenvalue weighted by atomic mass is 16.5. The summed E-state index contributed by atoms with van der Waals surface area (Å²) in [6.07, 6.45) is 2.96. The van der Waals surface area contributed by atoms with Crippen molar-refractivity contribution in [2.45, 2.75) is 45.6 Å². The van der Waals surface area contributed by atoms with Gasteiger partial charge in [0.1, 0.15) is 29.4 Å². The van der Waals surface area contributed by atoms with Crippen LogP contribution in [-0.4, -0.2) is 54.2 Å². The molecular formula is C34H39N3O3. The Morgan fingerprint density at radius 2 is 1.65 bits per heavy atom. The van der Waals surface area contributed by atoms with E-state index in [0.717, 1.165) is 43.7 Å². The molecule has 0 saturated heterocycles. The first-order chi connectivity index (χ1) is 19.5. The normalized spacial score (nSPS) is 17.5. The third-order valence-corrected chi connectivity index (χ3v) is 7.80. The van der Waals surface area contributed by atoms with Gasteiger partial charge in [0.25, 0.3) is 5.91 Å². The summed E-state index contributed by atoms with van der Waals surface area (Å²) in [5.41, 5.74) is 5.75. The lowest BCUT2D eigenvalue weighted by atomic mass is 9.90. The fourth-order valence-electron chi connectivity index (χ4n) is 5.61. The number of carbonyl (C=O) groups is 1. The molecule has 2 heterocycles. The molecule has 0 radical (unpaired) electrons. The number of rotatable bonds is 3. The first-order valence-electron chi connectivity index (χ1n) is 14.3. The van der Waals surface area contributed by atoms with E-state index >= 15 is 0 Å². The molecule has 1 unspecified atom stereocenters. The van der Waals surface area contributed by atoms with Crippen molar-refractivity contribution in [2.75, 3.05) is 33.3 Å². The van der Waals surface area contributed by atoms with Gasteiger partial charge in [0.2, 0.25) is 0 Å². The molecule has 1 aromatic heterocycles. The molecule has 4 aromatic rings. The summed E-state index contributed by atoms with van der Waals surface area (Å²) in [5, 5.41) is 4.27. The molecule has 0 fully saturated rings. The minimum Gasteiger partial charge on any atom is -0.491 e. The Balaban J connectivity index is 1.43. The van der Waals surface area contributed by atoms with E-state index < -0.39 is 0 Å². The Bertz CT molecular complexity index is 1400. The molecule has 1 amide bonds. The molecule has 1 aliphatic rings. The van der Waals surface area contributed by atoms with E-state index in [9.17, 15) is 4.79 Å². The third kappa shape index (κ3) is 6.62. The van der Waals surface area contributed by atoms with Gasteiger partial charge in [-0.05, 0) is 64.3 Å². The zero-order valence-corrected chi connectivity index (χ0v) is 23.8. The van der Waals surface area contributed by atoms with Crippen molar-refractivity contribution in [1.82, 2.24) is 15.0 Å². The average molecular weight is 538 g/mol. The lowest BCUT2D eigenvalue weighted by Crippen LogP contribution is -2.36. The van der Waals surface area contributed by atoms with Gasteiger partial charge >= 0.3 is 0 Å². The van der Waals surface area contributed by atoms with Crippen LogP contribution in [0, 0.1) is 13.8 Å². The largest absolute Gasteiger partial charge is 0.491 e. The Hall–Kier alpha value is -3.90. The summed E-state index contributed by atoms with van der Waals surface area (Å²) in [4.78, 5) is 18.4. The summed E-state index contributed by atoms with van der Waals surface area (Å²) < 4.78 is 11.8. The highest BCUT2D eigenvalue weighted by molar-refractivity contribution is 6.00. The summed E-state index contributed by atoms with van der Waals surface area (Å²) in [7, 11) is 2.19. The van der Waals surface area contributed by atoms with Crippen molar-refractivity contribution in [3.05, 3.63) is 107 Å². The number of hydrogen-bond donors (Lipinski definition) is 0. The van der Waals surface area contributed by atoms with Crippen LogP contribution in [0.15, 0.2) is 83.4 Å². The fourth-order valence-corrected chi connectivity index (χ4v) is 5.61. The van der Waals surface area contributed by atoms with Crippen molar-refractivity contribution in [3.63, 3.8) is 0 Å². The average Bonchev–Trinajstić information content (AvgIpc) is 3.36. The van der Waals surface area contributed by atoms with E-state index in [1.54, 1.807) is 0 Å². The standard InChI is InChI=1S/C34H39N3O3/c1-25-16-17-31-30(23-25)24-36(3)20-18-28(27-11-6-4-7-12-27)15-10-19-37(21-22-39-31)34(38)32-26(2)40-35-33(32)29-13-8-5-9-14-29/h4-9,11-14,16-17,23,28H,10,15,18-22,24H2,1-3H3. The van der Waals surface area contributed by atoms with Gasteiger partial charge in [0.05, 0.1) is 6.54 Å². The number of benzene rings is 3. The topological polar surface area (TPSA) is 58.8 Å². The van der Waals surface area contributed by atoms with E-state index in [-0.39, 0.29) is 5.91 Å². The Morgan fingerprint density at radius 3 is 2.42 bits per heavy atom. The van der Waals surface area contributed by atoms with Gasteiger partial charge in [-0.3, -0.25) is 4.79 Å². The van der Waals surface area contributed by atoms with Crippen molar-refractivity contribution in [3.8, 4) is 17.0 Å². The zero-order valence-electron chi connectivity index (χ0n) is 23.8. The lowest BCUT2D eigenvalue weighted by Gasteiger charge is -2.27. The predicted molar refractivity (Wildman–Crippen MR) is 159 cm³/mol. The van der Waals surface area contributed by atoms with Crippen molar-refractivity contribution in [2.24, 2.45) is 0 Å². The minimum absolute atomic E-state index is 0.0616. The van der Waals surface area contributed by atoms with Crippen LogP contribution in [0.3, 0.4) is 0 Å². The number of aryl methyl sites for hydroxylation is 2. The third-order valence-electron chi connectivity index (χ3n) is 7.80. The van der Waals surface area contributed by atoms with Crippen LogP contribution >= 0.6 is 0 Å². The van der Waals surface area contributed by atoms with E-state index in [0.29, 0.717) is 42.6 Å². The molecule has 3 aromatic carbocycles. The fraction of sp³-hybridized carbons (Fsp3) is 0.353. The summed E-state index contributed by atoms with van der Waals surface area (Å²) in [6, 6.07) is 26.9. The molecule has 0 spiro atoms. The van der Waals surface area contributed by atoms with Crippen LogP contribution in [-0.2, 0) is 6.54 Å². The summed E-state index contributed by atoms with van der Waals surface area (Å²) in [6.45, 7) is 7.27. The van der Waals surface area contributed by atoms with Gasteiger partial charge in [-0.1, -0.05) is 83.5 Å². The highest BCUT2D eigenvalue weighted by Crippen LogP contribution is 2.29. The first-order valence-corrected chi connectivity index (χ1v) is 14.3. The van der Waals surface area contributed by atoms with Gasteiger partial charge in [0, 0.05) is 24.2 Å². The maximum atomic E-state index is 14.1. The second kappa shape index (κ2) is 13.0. The minimum atomic E-state index is -0.0616. The van der Waals surface area contributed by atoms with Crippen molar-refractivity contribution >= 4 is 5.91 Å². The van der Waals surface area contributed by atoms with Gasteiger partial charge in [-0.15, -0.1) is 0 Å². The van der Waals surface area contributed by atoms with E-state index in [1.165, 1.54) is 16.7 Å². The van der Waals surface area contributed by atoms with E-state index in [1.807, 2.05) is 42.2 Å². The summed E-state index contributed by atoms with van der Waals surface area (Å²) >= 11 is 0. The SMILES string of the molecule is Cc1ccc2c(c1)CN(C)CCC(c1ccccc1)CCCN(C(=O)c1c(-c3ccccc3)noc1C)CCO2. The van der Waals surface area contributed by atoms with Gasteiger partial charge < -0.3 is 19.1 Å². The number of ether oxygens (including phenoxy) is 1. The molecule has 0 N–H and O–H groups in total. The Morgan fingerprint density at radius 1 is 0.900 bits per heavy atom. The molecule has 0 bridgehead atoms. The zero-order chi connectivity index (χ0) is 27.9. The number of carbonyl (C=O) groups excluding carboxylic acids is 1. The molecule has 40 heavy (non-hydrogen) atoms. The van der Waals surface area contributed by atoms with Crippen LogP contribution in [0.25, 0.3) is 11.3 Å². The number of amides is 1. The van der Waals surface area contributed by atoms with Gasteiger partial charge in [-0.2, -0.15) is 0 Å².